The number of anilines is 1. The highest BCUT2D eigenvalue weighted by Crippen LogP contribution is 2.22. The second-order valence-electron chi connectivity index (χ2n) is 5.04. The third kappa shape index (κ3) is 4.05. The highest BCUT2D eigenvalue weighted by molar-refractivity contribution is 7.92. The van der Waals surface area contributed by atoms with E-state index in [1.165, 1.54) is 12.1 Å². The summed E-state index contributed by atoms with van der Waals surface area (Å²) in [4.78, 5) is 10.8. The Kier molecular flexibility index (Phi) is 5.47. The first kappa shape index (κ1) is 18.2. The van der Waals surface area contributed by atoms with Gasteiger partial charge in [0.05, 0.1) is 28.1 Å². The van der Waals surface area contributed by atoms with E-state index in [0.717, 1.165) is 12.1 Å². The maximum Gasteiger partial charge on any atom is 0.337 e. The molecular weight excluding hydrogens is 358 g/mol. The minimum atomic E-state index is -3.94. The minimum absolute atomic E-state index is 0.0578. The van der Waals surface area contributed by atoms with Crippen LogP contribution in [0.2, 0.25) is 5.02 Å². The minimum Gasteiger partial charge on any atom is -0.478 e. The summed E-state index contributed by atoms with van der Waals surface area (Å²) in [6, 6.07) is 4.84. The van der Waals surface area contributed by atoms with Crippen LogP contribution in [0.4, 0.5) is 5.82 Å². The maximum atomic E-state index is 12.3. The number of halogens is 1. The van der Waals surface area contributed by atoms with Crippen molar-refractivity contribution in [3.05, 3.63) is 41.0 Å². The quantitative estimate of drug-likeness (QED) is 0.770. The third-order valence-electron chi connectivity index (χ3n) is 3.19. The molecule has 1 heterocycles. The van der Waals surface area contributed by atoms with Gasteiger partial charge < -0.3 is 9.84 Å². The maximum absolute atomic E-state index is 12.3. The van der Waals surface area contributed by atoms with Crippen LogP contribution in [0, 0.1) is 0 Å². The van der Waals surface area contributed by atoms with Gasteiger partial charge in [0.1, 0.15) is 0 Å². The Morgan fingerprint density at radius 2 is 2.17 bits per heavy atom. The molecule has 1 aromatic carbocycles. The van der Waals surface area contributed by atoms with Crippen molar-refractivity contribution in [1.82, 2.24) is 9.78 Å². The average Bonchev–Trinajstić information content (AvgIpc) is 2.94. The number of nitrogens with zero attached hydrogens (tertiary/aromatic N) is 2. The van der Waals surface area contributed by atoms with Crippen molar-refractivity contribution in [2.24, 2.45) is 0 Å². The van der Waals surface area contributed by atoms with Gasteiger partial charge in [0.25, 0.3) is 10.0 Å². The first-order valence-electron chi connectivity index (χ1n) is 6.84. The first-order chi connectivity index (χ1) is 11.2. The van der Waals surface area contributed by atoms with Crippen molar-refractivity contribution in [2.45, 2.75) is 17.9 Å². The molecule has 0 aliphatic heterocycles. The fourth-order valence-corrected chi connectivity index (χ4v) is 3.34. The highest BCUT2D eigenvalue weighted by atomic mass is 35.5. The lowest BCUT2D eigenvalue weighted by Crippen LogP contribution is -2.15. The SMILES string of the molecule is COCC(C)n1ccc(NS(=O)(=O)c2ccc(C(=O)O)c(Cl)c2)n1. The summed E-state index contributed by atoms with van der Waals surface area (Å²) in [6.07, 6.45) is 1.63. The van der Waals surface area contributed by atoms with E-state index in [9.17, 15) is 13.2 Å². The second-order valence-corrected chi connectivity index (χ2v) is 7.13. The Labute approximate surface area is 144 Å². The molecule has 0 saturated carbocycles. The standard InChI is InChI=1S/C14H16ClN3O5S/c1-9(8-23-2)18-6-5-13(16-18)17-24(21,22)10-3-4-11(14(19)20)12(15)7-10/h3-7,9H,8H2,1-2H3,(H,16,17)(H,19,20). The number of methoxy groups -OCH3 is 1. The van der Waals surface area contributed by atoms with Crippen LogP contribution in [0.5, 0.6) is 0 Å². The zero-order chi connectivity index (χ0) is 17.9. The predicted molar refractivity (Wildman–Crippen MR) is 88.0 cm³/mol. The molecule has 2 rings (SSSR count). The number of aromatic nitrogens is 2. The molecule has 0 fully saturated rings. The Bertz CT molecular complexity index is 850. The van der Waals surface area contributed by atoms with Gasteiger partial charge in [-0.1, -0.05) is 11.6 Å². The number of carboxylic acids is 1. The smallest absolute Gasteiger partial charge is 0.337 e. The van der Waals surface area contributed by atoms with Crippen molar-refractivity contribution in [3.8, 4) is 0 Å². The van der Waals surface area contributed by atoms with Crippen LogP contribution in [-0.2, 0) is 14.8 Å². The van der Waals surface area contributed by atoms with Crippen molar-refractivity contribution >= 4 is 33.4 Å². The second kappa shape index (κ2) is 7.20. The molecule has 10 heteroatoms. The van der Waals surface area contributed by atoms with Crippen LogP contribution in [-0.4, -0.2) is 43.0 Å². The van der Waals surface area contributed by atoms with E-state index in [0.29, 0.717) is 6.61 Å². The van der Waals surface area contributed by atoms with Gasteiger partial charge in [-0.25, -0.2) is 13.2 Å². The van der Waals surface area contributed by atoms with Gasteiger partial charge in [0.15, 0.2) is 5.82 Å². The average molecular weight is 374 g/mol. The van der Waals surface area contributed by atoms with Gasteiger partial charge in [-0.05, 0) is 25.1 Å². The highest BCUT2D eigenvalue weighted by Gasteiger charge is 2.19. The molecule has 0 bridgehead atoms. The number of sulfonamides is 1. The van der Waals surface area contributed by atoms with E-state index in [1.54, 1.807) is 18.0 Å². The number of carbonyl (C=O) groups is 1. The van der Waals surface area contributed by atoms with Gasteiger partial charge >= 0.3 is 5.97 Å². The molecule has 1 aromatic heterocycles. The molecule has 0 aliphatic carbocycles. The number of rotatable bonds is 7. The normalized spacial score (nSPS) is 12.8. The predicted octanol–water partition coefficient (Wildman–Crippen LogP) is 2.24. The molecule has 130 valence electrons. The van der Waals surface area contributed by atoms with Gasteiger partial charge in [0, 0.05) is 19.4 Å². The van der Waals surface area contributed by atoms with Gasteiger partial charge in [0.2, 0.25) is 0 Å². The lowest BCUT2D eigenvalue weighted by atomic mass is 10.2. The van der Waals surface area contributed by atoms with Crippen LogP contribution in [0.15, 0.2) is 35.4 Å². The van der Waals surface area contributed by atoms with E-state index in [2.05, 4.69) is 9.82 Å². The molecule has 2 N–H and O–H groups in total. The van der Waals surface area contributed by atoms with E-state index >= 15 is 0 Å². The van der Waals surface area contributed by atoms with Gasteiger partial charge in [-0.15, -0.1) is 0 Å². The lowest BCUT2D eigenvalue weighted by molar-refractivity contribution is 0.0697. The van der Waals surface area contributed by atoms with E-state index < -0.39 is 16.0 Å². The number of aromatic carboxylic acids is 1. The molecule has 8 nitrogen and oxygen atoms in total. The van der Waals surface area contributed by atoms with Crippen LogP contribution in [0.3, 0.4) is 0 Å². The fraction of sp³-hybridized carbons (Fsp3) is 0.286. The zero-order valence-electron chi connectivity index (χ0n) is 12.9. The molecule has 0 radical (unpaired) electrons. The third-order valence-corrected chi connectivity index (χ3v) is 4.85. The summed E-state index contributed by atoms with van der Waals surface area (Å²) in [6.45, 7) is 2.30. The van der Waals surface area contributed by atoms with Crippen molar-refractivity contribution in [2.75, 3.05) is 18.4 Å². The molecule has 2 aromatic rings. The Morgan fingerprint density at radius 3 is 2.75 bits per heavy atom. The van der Waals surface area contributed by atoms with Crippen LogP contribution >= 0.6 is 11.6 Å². The van der Waals surface area contributed by atoms with E-state index in [1.807, 2.05) is 6.92 Å². The number of hydrogen-bond acceptors (Lipinski definition) is 5. The van der Waals surface area contributed by atoms with Crippen LogP contribution in [0.25, 0.3) is 0 Å². The van der Waals surface area contributed by atoms with Gasteiger partial charge in [-0.2, -0.15) is 5.10 Å². The van der Waals surface area contributed by atoms with Crippen LogP contribution in [0.1, 0.15) is 23.3 Å². The molecule has 24 heavy (non-hydrogen) atoms. The Hall–Kier alpha value is -2.10. The summed E-state index contributed by atoms with van der Waals surface area (Å²) >= 11 is 5.81. The fourth-order valence-electron chi connectivity index (χ4n) is 1.99. The molecule has 0 amide bonds. The van der Waals surface area contributed by atoms with E-state index in [4.69, 9.17) is 21.4 Å². The first-order valence-corrected chi connectivity index (χ1v) is 8.70. The molecule has 0 spiro atoms. The van der Waals surface area contributed by atoms with E-state index in [-0.39, 0.29) is 27.3 Å². The van der Waals surface area contributed by atoms with Crippen molar-refractivity contribution < 1.29 is 23.1 Å². The number of benzene rings is 1. The largest absolute Gasteiger partial charge is 0.478 e. The molecule has 1 unspecified atom stereocenters. The monoisotopic (exact) mass is 373 g/mol. The number of ether oxygens (including phenoxy) is 1. The summed E-state index contributed by atoms with van der Waals surface area (Å²) in [7, 11) is -2.37. The lowest BCUT2D eigenvalue weighted by Gasteiger charge is -2.10. The van der Waals surface area contributed by atoms with Gasteiger partial charge in [-0.3, -0.25) is 9.40 Å². The summed E-state index contributed by atoms with van der Waals surface area (Å²) in [5.74, 6) is -1.10. The number of carboxylic acid groups (broad SMARTS) is 1. The topological polar surface area (TPSA) is 111 Å². The van der Waals surface area contributed by atoms with Crippen LogP contribution < -0.4 is 4.72 Å². The summed E-state index contributed by atoms with van der Waals surface area (Å²) in [5, 5.41) is 12.9. The molecular formula is C14H16ClN3O5S. The molecule has 0 aliphatic rings. The molecule has 0 saturated heterocycles. The molecule has 1 atom stereocenters. The Balaban J connectivity index is 2.23. The van der Waals surface area contributed by atoms with Crippen molar-refractivity contribution in [1.29, 1.82) is 0 Å². The summed E-state index contributed by atoms with van der Waals surface area (Å²) < 4.78 is 33.6. The zero-order valence-corrected chi connectivity index (χ0v) is 14.5. The Morgan fingerprint density at radius 1 is 1.46 bits per heavy atom. The summed E-state index contributed by atoms with van der Waals surface area (Å²) in [5.41, 5.74) is -0.173. The number of hydrogen-bond donors (Lipinski definition) is 2. The number of nitrogens with one attached hydrogen (secondary N) is 1. The van der Waals surface area contributed by atoms with Crippen molar-refractivity contribution in [3.63, 3.8) is 0 Å².